The Balaban J connectivity index is 1.23. The Morgan fingerprint density at radius 1 is 1.28 bits per heavy atom. The van der Waals surface area contributed by atoms with Gasteiger partial charge in [0.05, 0.1) is 7.11 Å². The van der Waals surface area contributed by atoms with Crippen LogP contribution in [0.2, 0.25) is 0 Å². The molecule has 2 fully saturated rings. The summed E-state index contributed by atoms with van der Waals surface area (Å²) in [4.78, 5) is 31.1. The van der Waals surface area contributed by atoms with Crippen LogP contribution >= 0.6 is 0 Å². The van der Waals surface area contributed by atoms with E-state index in [4.69, 9.17) is 14.2 Å². The molecule has 1 aromatic heterocycles. The molecule has 2 saturated heterocycles. The first kappa shape index (κ1) is 18.1. The Morgan fingerprint density at radius 2 is 2.17 bits per heavy atom. The summed E-state index contributed by atoms with van der Waals surface area (Å²) < 4.78 is 16.4. The molecule has 8 heteroatoms. The van der Waals surface area contributed by atoms with Gasteiger partial charge in [0.15, 0.2) is 11.5 Å². The van der Waals surface area contributed by atoms with E-state index in [0.29, 0.717) is 35.7 Å². The smallest absolute Gasteiger partial charge is 0.270 e. The van der Waals surface area contributed by atoms with Gasteiger partial charge in [0.2, 0.25) is 18.1 Å². The van der Waals surface area contributed by atoms with Gasteiger partial charge in [-0.3, -0.25) is 14.5 Å². The molecule has 3 aliphatic rings. The third kappa shape index (κ3) is 3.23. The molecule has 8 nitrogen and oxygen atoms in total. The van der Waals surface area contributed by atoms with Gasteiger partial charge in [-0.1, -0.05) is 6.07 Å². The summed E-state index contributed by atoms with van der Waals surface area (Å²) in [6.45, 7) is 3.39. The van der Waals surface area contributed by atoms with Gasteiger partial charge < -0.3 is 24.1 Å². The van der Waals surface area contributed by atoms with Gasteiger partial charge in [-0.2, -0.15) is 0 Å². The van der Waals surface area contributed by atoms with E-state index in [0.717, 1.165) is 37.4 Å². The minimum Gasteiger partial charge on any atom is -0.493 e. The standard InChI is InChI=1S/C21H23N3O5/c1-27-17-7-13(8-18-20(17)29-12-28-18)9-24-11-14-10-23(6-5-16(14)24)21(26)15-3-2-4-19(25)22-15/h2-4,7-8,14,16H,5-6,9-12H2,1H3,(H,22,25)/t14-,16-/m0/s1. The Labute approximate surface area is 168 Å². The minimum atomic E-state index is -0.250. The largest absolute Gasteiger partial charge is 0.493 e. The van der Waals surface area contributed by atoms with Crippen molar-refractivity contribution in [1.82, 2.24) is 14.8 Å². The van der Waals surface area contributed by atoms with Gasteiger partial charge in [0.25, 0.3) is 5.91 Å². The van der Waals surface area contributed by atoms with Crippen LogP contribution in [0, 0.1) is 5.92 Å². The highest BCUT2D eigenvalue weighted by atomic mass is 16.7. The molecule has 0 spiro atoms. The molecule has 0 unspecified atom stereocenters. The van der Waals surface area contributed by atoms with Gasteiger partial charge in [-0.05, 0) is 30.2 Å². The molecule has 29 heavy (non-hydrogen) atoms. The molecule has 0 radical (unpaired) electrons. The number of nitrogens with zero attached hydrogens (tertiary/aromatic N) is 2. The third-order valence-corrected chi connectivity index (χ3v) is 6.02. The summed E-state index contributed by atoms with van der Waals surface area (Å²) in [5.74, 6) is 2.46. The summed E-state index contributed by atoms with van der Waals surface area (Å²) >= 11 is 0. The van der Waals surface area contributed by atoms with Crippen molar-refractivity contribution in [3.8, 4) is 17.2 Å². The lowest BCUT2D eigenvalue weighted by molar-refractivity contribution is -0.0423. The monoisotopic (exact) mass is 397 g/mol. The lowest BCUT2D eigenvalue weighted by Gasteiger charge is -2.53. The van der Waals surface area contributed by atoms with E-state index in [2.05, 4.69) is 9.88 Å². The Bertz CT molecular complexity index is 1000. The van der Waals surface area contributed by atoms with Crippen molar-refractivity contribution in [2.75, 3.05) is 33.5 Å². The van der Waals surface area contributed by atoms with Crippen molar-refractivity contribution in [3.63, 3.8) is 0 Å². The first-order chi connectivity index (χ1) is 14.1. The zero-order valence-electron chi connectivity index (χ0n) is 16.2. The molecule has 3 aliphatic heterocycles. The van der Waals surface area contributed by atoms with Crippen LogP contribution in [0.5, 0.6) is 17.2 Å². The number of benzene rings is 1. The van der Waals surface area contributed by atoms with E-state index in [1.807, 2.05) is 17.0 Å². The predicted molar refractivity (Wildman–Crippen MR) is 104 cm³/mol. The molecule has 5 rings (SSSR count). The van der Waals surface area contributed by atoms with Crippen molar-refractivity contribution in [1.29, 1.82) is 0 Å². The SMILES string of the molecule is COc1cc(CN2C[C@@H]3CN(C(=O)c4cccc(=O)[nH]4)CC[C@@H]32)cc2c1OCO2. The van der Waals surface area contributed by atoms with E-state index in [1.165, 1.54) is 6.07 Å². The number of piperidine rings is 1. The van der Waals surface area contributed by atoms with Gasteiger partial charge in [0, 0.05) is 44.2 Å². The predicted octanol–water partition coefficient (Wildman–Crippen LogP) is 1.46. The second-order valence-electron chi connectivity index (χ2n) is 7.76. The molecule has 1 amide bonds. The normalized spacial score (nSPS) is 22.7. The van der Waals surface area contributed by atoms with Gasteiger partial charge in [0.1, 0.15) is 5.69 Å². The van der Waals surface area contributed by atoms with Crippen LogP contribution in [0.3, 0.4) is 0 Å². The minimum absolute atomic E-state index is 0.0971. The van der Waals surface area contributed by atoms with Crippen LogP contribution in [0.25, 0.3) is 0 Å². The number of aromatic nitrogens is 1. The molecule has 2 atom stereocenters. The Morgan fingerprint density at radius 3 is 2.97 bits per heavy atom. The molecule has 4 heterocycles. The Hall–Kier alpha value is -3.00. The number of carbonyl (C=O) groups excluding carboxylic acids is 1. The fourth-order valence-corrected chi connectivity index (χ4v) is 4.60. The lowest BCUT2D eigenvalue weighted by atomic mass is 9.82. The van der Waals surface area contributed by atoms with Gasteiger partial charge in [-0.15, -0.1) is 0 Å². The first-order valence-electron chi connectivity index (χ1n) is 9.81. The van der Waals surface area contributed by atoms with Crippen LogP contribution in [-0.4, -0.2) is 60.3 Å². The molecular formula is C21H23N3O5. The quantitative estimate of drug-likeness (QED) is 0.841. The summed E-state index contributed by atoms with van der Waals surface area (Å²) in [6.07, 6.45) is 0.926. The fraction of sp³-hybridized carbons (Fsp3) is 0.429. The molecule has 152 valence electrons. The molecule has 0 bridgehead atoms. The maximum Gasteiger partial charge on any atom is 0.270 e. The van der Waals surface area contributed by atoms with Crippen molar-refractivity contribution in [3.05, 3.63) is 51.9 Å². The van der Waals surface area contributed by atoms with E-state index in [1.54, 1.807) is 19.2 Å². The van der Waals surface area contributed by atoms with Crippen LogP contribution in [-0.2, 0) is 6.54 Å². The lowest BCUT2D eigenvalue weighted by Crippen LogP contribution is -2.63. The number of aromatic amines is 1. The number of fused-ring (bicyclic) bond motifs is 2. The molecule has 1 N–H and O–H groups in total. The van der Waals surface area contributed by atoms with Crippen molar-refractivity contribution in [2.45, 2.75) is 19.0 Å². The zero-order chi connectivity index (χ0) is 20.0. The summed E-state index contributed by atoms with van der Waals surface area (Å²) in [6, 6.07) is 9.18. The van der Waals surface area contributed by atoms with E-state index < -0.39 is 0 Å². The number of nitrogens with one attached hydrogen (secondary N) is 1. The number of ether oxygens (including phenoxy) is 3. The van der Waals surface area contributed by atoms with Crippen molar-refractivity contribution in [2.24, 2.45) is 5.92 Å². The number of carbonyl (C=O) groups is 1. The average molecular weight is 397 g/mol. The number of hydrogen-bond acceptors (Lipinski definition) is 6. The second-order valence-corrected chi connectivity index (χ2v) is 7.76. The highest BCUT2D eigenvalue weighted by Crippen LogP contribution is 2.43. The van der Waals surface area contributed by atoms with E-state index >= 15 is 0 Å². The number of hydrogen-bond donors (Lipinski definition) is 1. The topological polar surface area (TPSA) is 84.1 Å². The van der Waals surface area contributed by atoms with Gasteiger partial charge in [-0.25, -0.2) is 0 Å². The highest BCUT2D eigenvalue weighted by molar-refractivity contribution is 5.92. The van der Waals surface area contributed by atoms with Crippen molar-refractivity contribution >= 4 is 5.91 Å². The number of methoxy groups -OCH3 is 1. The summed E-state index contributed by atoms with van der Waals surface area (Å²) in [5.41, 5.74) is 1.24. The van der Waals surface area contributed by atoms with Crippen LogP contribution in [0.4, 0.5) is 0 Å². The Kier molecular flexibility index (Phi) is 4.43. The third-order valence-electron chi connectivity index (χ3n) is 6.02. The van der Waals surface area contributed by atoms with Crippen LogP contribution in [0.15, 0.2) is 35.1 Å². The highest BCUT2D eigenvalue weighted by Gasteiger charge is 2.43. The number of rotatable bonds is 4. The number of H-pyrrole nitrogens is 1. The molecule has 2 aromatic rings. The number of amides is 1. The zero-order valence-corrected chi connectivity index (χ0v) is 16.2. The van der Waals surface area contributed by atoms with Gasteiger partial charge >= 0.3 is 0 Å². The first-order valence-corrected chi connectivity index (χ1v) is 9.81. The van der Waals surface area contributed by atoms with Crippen LogP contribution in [0.1, 0.15) is 22.5 Å². The maximum absolute atomic E-state index is 12.7. The molecule has 0 aliphatic carbocycles. The fourth-order valence-electron chi connectivity index (χ4n) is 4.60. The summed E-state index contributed by atoms with van der Waals surface area (Å²) in [7, 11) is 1.63. The number of pyridine rings is 1. The van der Waals surface area contributed by atoms with E-state index in [9.17, 15) is 9.59 Å². The average Bonchev–Trinajstić information content (AvgIpc) is 3.19. The summed E-state index contributed by atoms with van der Waals surface area (Å²) in [5, 5.41) is 0. The maximum atomic E-state index is 12.7. The van der Waals surface area contributed by atoms with E-state index in [-0.39, 0.29) is 18.3 Å². The second kappa shape index (κ2) is 7.11. The van der Waals surface area contributed by atoms with Crippen LogP contribution < -0.4 is 19.8 Å². The molecular weight excluding hydrogens is 374 g/mol. The number of likely N-dealkylation sites (tertiary alicyclic amines) is 2. The van der Waals surface area contributed by atoms with Crippen molar-refractivity contribution < 1.29 is 19.0 Å². The molecule has 1 aromatic carbocycles. The molecule has 0 saturated carbocycles.